The summed E-state index contributed by atoms with van der Waals surface area (Å²) in [6, 6.07) is 9.60. The fourth-order valence-corrected chi connectivity index (χ4v) is 2.00. The van der Waals surface area contributed by atoms with Crippen LogP contribution >= 0.6 is 15.9 Å². The maximum absolute atomic E-state index is 13.3. The van der Waals surface area contributed by atoms with Crippen LogP contribution < -0.4 is 5.32 Å². The highest BCUT2D eigenvalue weighted by molar-refractivity contribution is 9.10. The molecule has 0 amide bonds. The lowest BCUT2D eigenvalue weighted by atomic mass is 10.1. The van der Waals surface area contributed by atoms with Crippen molar-refractivity contribution in [3.05, 3.63) is 63.9 Å². The quantitative estimate of drug-likeness (QED) is 0.750. The third kappa shape index (κ3) is 3.50. The first kappa shape index (κ1) is 14.8. The van der Waals surface area contributed by atoms with Crippen molar-refractivity contribution in [2.24, 2.45) is 0 Å². The highest BCUT2D eigenvalue weighted by atomic mass is 79.9. The normalized spacial score (nSPS) is 11.4. The molecule has 1 nitrogen and oxygen atoms in total. The van der Waals surface area contributed by atoms with E-state index in [0.29, 0.717) is 10.2 Å². The van der Waals surface area contributed by atoms with E-state index in [1.807, 2.05) is 0 Å². The minimum Gasteiger partial charge on any atom is -0.381 e. The molecule has 0 atom stereocenters. The topological polar surface area (TPSA) is 12.0 Å². The predicted octanol–water partition coefficient (Wildman–Crippen LogP) is 5.22. The van der Waals surface area contributed by atoms with Crippen LogP contribution in [-0.2, 0) is 12.7 Å². The van der Waals surface area contributed by atoms with Gasteiger partial charge in [-0.15, -0.1) is 0 Å². The fraction of sp³-hybridized carbons (Fsp3) is 0.143. The van der Waals surface area contributed by atoms with E-state index < -0.39 is 17.6 Å². The summed E-state index contributed by atoms with van der Waals surface area (Å²) in [4.78, 5) is 0. The average molecular weight is 348 g/mol. The van der Waals surface area contributed by atoms with Crippen LogP contribution in [0.5, 0.6) is 0 Å². The second-order valence-corrected chi connectivity index (χ2v) is 4.99. The Morgan fingerprint density at radius 1 is 1.05 bits per heavy atom. The fourth-order valence-electron chi connectivity index (χ4n) is 1.75. The lowest BCUT2D eigenvalue weighted by molar-refractivity contribution is -0.138. The van der Waals surface area contributed by atoms with Gasteiger partial charge in [0.1, 0.15) is 5.82 Å². The van der Waals surface area contributed by atoms with Crippen molar-refractivity contribution in [1.29, 1.82) is 0 Å². The first-order valence-electron chi connectivity index (χ1n) is 5.72. The zero-order valence-corrected chi connectivity index (χ0v) is 11.7. The molecule has 106 valence electrons. The maximum Gasteiger partial charge on any atom is 0.416 e. The van der Waals surface area contributed by atoms with Gasteiger partial charge < -0.3 is 5.32 Å². The molecule has 0 bridgehead atoms. The summed E-state index contributed by atoms with van der Waals surface area (Å²) < 4.78 is 52.0. The van der Waals surface area contributed by atoms with E-state index in [9.17, 15) is 17.6 Å². The van der Waals surface area contributed by atoms with Crippen LogP contribution in [0.2, 0.25) is 0 Å². The number of alkyl halides is 3. The van der Waals surface area contributed by atoms with Crippen molar-refractivity contribution in [2.75, 3.05) is 5.32 Å². The Morgan fingerprint density at radius 3 is 2.40 bits per heavy atom. The molecule has 0 heterocycles. The molecular formula is C14H10BrF4N. The van der Waals surface area contributed by atoms with Crippen LogP contribution in [0.1, 0.15) is 11.1 Å². The molecular weight excluding hydrogens is 338 g/mol. The Hall–Kier alpha value is -1.56. The summed E-state index contributed by atoms with van der Waals surface area (Å²) in [6.45, 7) is -0.0310. The minimum atomic E-state index is -4.40. The monoisotopic (exact) mass is 347 g/mol. The molecule has 0 radical (unpaired) electrons. The number of benzene rings is 2. The van der Waals surface area contributed by atoms with Gasteiger partial charge in [0, 0.05) is 12.2 Å². The summed E-state index contributed by atoms with van der Waals surface area (Å²) in [5, 5.41) is 2.78. The molecule has 0 saturated carbocycles. The van der Waals surface area contributed by atoms with E-state index in [1.54, 1.807) is 6.07 Å². The van der Waals surface area contributed by atoms with Gasteiger partial charge >= 0.3 is 6.18 Å². The zero-order chi connectivity index (χ0) is 14.8. The first-order chi connectivity index (χ1) is 9.38. The molecule has 2 aromatic carbocycles. The molecule has 0 aliphatic carbocycles. The highest BCUT2D eigenvalue weighted by Crippen LogP contribution is 2.32. The van der Waals surface area contributed by atoms with E-state index in [0.717, 1.165) is 6.07 Å². The second-order valence-electron chi connectivity index (χ2n) is 4.14. The number of anilines is 1. The van der Waals surface area contributed by atoms with Gasteiger partial charge in [0.05, 0.1) is 10.0 Å². The van der Waals surface area contributed by atoms with Gasteiger partial charge in [0.25, 0.3) is 0 Å². The lowest BCUT2D eigenvalue weighted by Crippen LogP contribution is -2.11. The highest BCUT2D eigenvalue weighted by Gasteiger charge is 2.32. The zero-order valence-electron chi connectivity index (χ0n) is 10.1. The van der Waals surface area contributed by atoms with Crippen LogP contribution in [0.3, 0.4) is 0 Å². The summed E-state index contributed by atoms with van der Waals surface area (Å²) in [5.74, 6) is -0.473. The smallest absolute Gasteiger partial charge is 0.381 e. The Bertz CT molecular complexity index is 610. The summed E-state index contributed by atoms with van der Waals surface area (Å²) in [6.07, 6.45) is -4.40. The third-order valence-electron chi connectivity index (χ3n) is 2.73. The lowest BCUT2D eigenvalue weighted by Gasteiger charge is -2.14. The van der Waals surface area contributed by atoms with E-state index >= 15 is 0 Å². The van der Waals surface area contributed by atoms with Crippen LogP contribution in [-0.4, -0.2) is 0 Å². The number of nitrogens with one attached hydrogen (secondary N) is 1. The SMILES string of the molecule is Fc1cc(NCc2ccccc2C(F)(F)F)ccc1Br. The molecule has 0 saturated heterocycles. The largest absolute Gasteiger partial charge is 0.416 e. The van der Waals surface area contributed by atoms with E-state index in [1.165, 1.54) is 30.3 Å². The van der Waals surface area contributed by atoms with Gasteiger partial charge in [-0.1, -0.05) is 18.2 Å². The molecule has 6 heteroatoms. The Balaban J connectivity index is 2.17. The number of hydrogen-bond donors (Lipinski definition) is 1. The number of hydrogen-bond acceptors (Lipinski definition) is 1. The average Bonchev–Trinajstić information content (AvgIpc) is 2.39. The van der Waals surface area contributed by atoms with Crippen molar-refractivity contribution >= 4 is 21.6 Å². The molecule has 0 aliphatic rings. The molecule has 0 aromatic heterocycles. The Kier molecular flexibility index (Phi) is 4.32. The van der Waals surface area contributed by atoms with Crippen molar-refractivity contribution < 1.29 is 17.6 Å². The number of rotatable bonds is 3. The van der Waals surface area contributed by atoms with Crippen molar-refractivity contribution in [1.82, 2.24) is 0 Å². The summed E-state index contributed by atoms with van der Waals surface area (Å²) >= 11 is 3.01. The predicted molar refractivity (Wildman–Crippen MR) is 72.9 cm³/mol. The van der Waals surface area contributed by atoms with Gasteiger partial charge in [-0.3, -0.25) is 0 Å². The van der Waals surface area contributed by atoms with Gasteiger partial charge in [-0.05, 0) is 45.8 Å². The molecule has 2 aromatic rings. The Labute approximate surface area is 121 Å². The van der Waals surface area contributed by atoms with Crippen LogP contribution in [0.4, 0.5) is 23.2 Å². The van der Waals surface area contributed by atoms with Gasteiger partial charge in [0.15, 0.2) is 0 Å². The van der Waals surface area contributed by atoms with Crippen LogP contribution in [0.15, 0.2) is 46.9 Å². The van der Waals surface area contributed by atoms with Crippen molar-refractivity contribution in [2.45, 2.75) is 12.7 Å². The maximum atomic E-state index is 13.3. The molecule has 0 spiro atoms. The molecule has 0 fully saturated rings. The molecule has 2 rings (SSSR count). The Morgan fingerprint density at radius 2 is 1.75 bits per heavy atom. The minimum absolute atomic E-state index is 0.0310. The van der Waals surface area contributed by atoms with E-state index in [2.05, 4.69) is 21.2 Å². The third-order valence-corrected chi connectivity index (χ3v) is 3.37. The number of halogens is 5. The second kappa shape index (κ2) is 5.83. The summed E-state index contributed by atoms with van der Waals surface area (Å²) in [5.41, 5.74) is -0.156. The first-order valence-corrected chi connectivity index (χ1v) is 6.51. The van der Waals surface area contributed by atoms with Crippen molar-refractivity contribution in [3.63, 3.8) is 0 Å². The molecule has 1 N–H and O–H groups in total. The van der Waals surface area contributed by atoms with Crippen LogP contribution in [0, 0.1) is 5.82 Å². The van der Waals surface area contributed by atoms with Crippen LogP contribution in [0.25, 0.3) is 0 Å². The molecule has 0 aliphatic heterocycles. The van der Waals surface area contributed by atoms with Crippen molar-refractivity contribution in [3.8, 4) is 0 Å². The van der Waals surface area contributed by atoms with E-state index in [4.69, 9.17) is 0 Å². The summed E-state index contributed by atoms with van der Waals surface area (Å²) in [7, 11) is 0. The standard InChI is InChI=1S/C14H10BrF4N/c15-12-6-5-10(7-13(12)16)20-8-9-3-1-2-4-11(9)14(17,18)19/h1-7,20H,8H2. The van der Waals surface area contributed by atoms with Gasteiger partial charge in [-0.2, -0.15) is 13.2 Å². The molecule has 0 unspecified atom stereocenters. The molecule has 20 heavy (non-hydrogen) atoms. The van der Waals surface area contributed by atoms with E-state index in [-0.39, 0.29) is 12.1 Å². The van der Waals surface area contributed by atoms with Gasteiger partial charge in [0.2, 0.25) is 0 Å². The van der Waals surface area contributed by atoms with Gasteiger partial charge in [-0.25, -0.2) is 4.39 Å².